The summed E-state index contributed by atoms with van der Waals surface area (Å²) in [6, 6.07) is 5.87. The Balaban J connectivity index is 2.96. The molecule has 0 unspecified atom stereocenters. The van der Waals surface area contributed by atoms with Crippen LogP contribution in [-0.4, -0.2) is 21.3 Å². The Morgan fingerprint density at radius 1 is 1.19 bits per heavy atom. The zero-order chi connectivity index (χ0) is 11.9. The van der Waals surface area contributed by atoms with E-state index in [0.29, 0.717) is 10.9 Å². The van der Waals surface area contributed by atoms with Crippen molar-refractivity contribution < 1.29 is 20.1 Å². The van der Waals surface area contributed by atoms with Crippen molar-refractivity contribution in [2.75, 3.05) is 0 Å². The molecule has 82 valence electrons. The van der Waals surface area contributed by atoms with E-state index in [-0.39, 0.29) is 22.4 Å². The van der Waals surface area contributed by atoms with Crippen molar-refractivity contribution in [2.45, 2.75) is 6.92 Å². The van der Waals surface area contributed by atoms with Crippen molar-refractivity contribution >= 4 is 16.7 Å². The Kier molecular flexibility index (Phi) is 2.20. The predicted molar refractivity (Wildman–Crippen MR) is 59.0 cm³/mol. The lowest BCUT2D eigenvalue weighted by Crippen LogP contribution is -2.00. The first kappa shape index (κ1) is 10.3. The molecule has 0 spiro atoms. The average molecular weight is 218 g/mol. The second-order valence-electron chi connectivity index (χ2n) is 3.57. The molecule has 0 aliphatic heterocycles. The van der Waals surface area contributed by atoms with E-state index in [1.165, 1.54) is 6.07 Å². The molecule has 0 bridgehead atoms. The smallest absolute Gasteiger partial charge is 0.336 e. The molecule has 0 saturated carbocycles. The highest BCUT2D eigenvalue weighted by Crippen LogP contribution is 2.36. The fraction of sp³-hybridized carbons (Fsp3) is 0.0833. The zero-order valence-corrected chi connectivity index (χ0v) is 8.56. The van der Waals surface area contributed by atoms with Crippen LogP contribution < -0.4 is 0 Å². The molecular weight excluding hydrogens is 208 g/mol. The molecule has 2 aromatic rings. The number of carboxylic acid groups (broad SMARTS) is 1. The molecule has 0 heterocycles. The molecule has 0 fully saturated rings. The Bertz CT molecular complexity index is 587. The van der Waals surface area contributed by atoms with Crippen molar-refractivity contribution in [2.24, 2.45) is 0 Å². The maximum atomic E-state index is 10.9. The number of aryl methyl sites for hydroxylation is 1. The summed E-state index contributed by atoms with van der Waals surface area (Å²) >= 11 is 0. The van der Waals surface area contributed by atoms with Crippen LogP contribution in [0.2, 0.25) is 0 Å². The average Bonchev–Trinajstić information content (AvgIpc) is 2.22. The van der Waals surface area contributed by atoms with Gasteiger partial charge >= 0.3 is 5.97 Å². The summed E-state index contributed by atoms with van der Waals surface area (Å²) in [6.45, 7) is 1.64. The number of benzene rings is 2. The van der Waals surface area contributed by atoms with Crippen LogP contribution in [0.4, 0.5) is 0 Å². The topological polar surface area (TPSA) is 77.8 Å². The molecule has 3 N–H and O–H groups in total. The quantitative estimate of drug-likeness (QED) is 0.686. The number of phenolic OH excluding ortho intramolecular Hbond substituents is 2. The van der Waals surface area contributed by atoms with Crippen LogP contribution in [0.3, 0.4) is 0 Å². The lowest BCUT2D eigenvalue weighted by Gasteiger charge is -2.09. The van der Waals surface area contributed by atoms with Crippen molar-refractivity contribution in [1.29, 1.82) is 0 Å². The number of fused-ring (bicyclic) bond motifs is 1. The van der Waals surface area contributed by atoms with Crippen molar-refractivity contribution in [3.05, 3.63) is 35.4 Å². The van der Waals surface area contributed by atoms with Crippen LogP contribution in [0, 0.1) is 6.92 Å². The van der Waals surface area contributed by atoms with Gasteiger partial charge in [0.2, 0.25) is 0 Å². The maximum Gasteiger partial charge on any atom is 0.336 e. The standard InChI is InChI=1S/C12H10O4/c1-6-7-3-2-4-9(13)11(7)10(14)5-8(6)12(15)16/h2-5,13-14H,1H3,(H,15,16). The van der Waals surface area contributed by atoms with Gasteiger partial charge in [-0.3, -0.25) is 0 Å². The Hall–Kier alpha value is -2.23. The van der Waals surface area contributed by atoms with E-state index in [1.54, 1.807) is 19.1 Å². The summed E-state index contributed by atoms with van der Waals surface area (Å²) in [6.07, 6.45) is 0. The fourth-order valence-electron chi connectivity index (χ4n) is 1.81. The third kappa shape index (κ3) is 1.35. The van der Waals surface area contributed by atoms with E-state index in [1.807, 2.05) is 0 Å². The third-order valence-corrected chi connectivity index (χ3v) is 2.62. The number of phenols is 2. The number of hydrogen-bond donors (Lipinski definition) is 3. The highest BCUT2D eigenvalue weighted by Gasteiger charge is 2.15. The normalized spacial score (nSPS) is 10.6. The molecule has 0 saturated heterocycles. The van der Waals surface area contributed by atoms with E-state index in [4.69, 9.17) is 5.11 Å². The van der Waals surface area contributed by atoms with Crippen molar-refractivity contribution in [3.8, 4) is 11.5 Å². The number of carboxylic acids is 1. The molecular formula is C12H10O4. The first-order valence-electron chi connectivity index (χ1n) is 4.70. The van der Waals surface area contributed by atoms with Gasteiger partial charge in [0.25, 0.3) is 0 Å². The van der Waals surface area contributed by atoms with Gasteiger partial charge in [0.15, 0.2) is 0 Å². The van der Waals surface area contributed by atoms with Crippen LogP contribution >= 0.6 is 0 Å². The third-order valence-electron chi connectivity index (χ3n) is 2.62. The van der Waals surface area contributed by atoms with Crippen LogP contribution in [0.15, 0.2) is 24.3 Å². The predicted octanol–water partition coefficient (Wildman–Crippen LogP) is 2.26. The molecule has 2 rings (SSSR count). The number of aromatic hydroxyl groups is 2. The second kappa shape index (κ2) is 3.41. The summed E-state index contributed by atoms with van der Waals surface area (Å²) in [5.74, 6) is -1.39. The molecule has 4 heteroatoms. The number of carbonyl (C=O) groups is 1. The molecule has 2 aromatic carbocycles. The molecule has 16 heavy (non-hydrogen) atoms. The first-order chi connectivity index (χ1) is 7.52. The summed E-state index contributed by atoms with van der Waals surface area (Å²) in [7, 11) is 0. The van der Waals surface area contributed by atoms with Gasteiger partial charge in [0.05, 0.1) is 10.9 Å². The van der Waals surface area contributed by atoms with Gasteiger partial charge in [0.1, 0.15) is 11.5 Å². The molecule has 0 atom stereocenters. The van der Waals surface area contributed by atoms with E-state index in [0.717, 1.165) is 6.07 Å². The van der Waals surface area contributed by atoms with E-state index in [9.17, 15) is 15.0 Å². The van der Waals surface area contributed by atoms with E-state index < -0.39 is 5.97 Å². The van der Waals surface area contributed by atoms with Gasteiger partial charge in [-0.2, -0.15) is 0 Å². The van der Waals surface area contributed by atoms with Crippen LogP contribution in [0.1, 0.15) is 15.9 Å². The Labute approximate surface area is 91.4 Å². The second-order valence-corrected chi connectivity index (χ2v) is 3.57. The van der Waals surface area contributed by atoms with Crippen molar-refractivity contribution in [3.63, 3.8) is 0 Å². The van der Waals surface area contributed by atoms with Gasteiger partial charge in [-0.15, -0.1) is 0 Å². The highest BCUT2D eigenvalue weighted by atomic mass is 16.4. The summed E-state index contributed by atoms with van der Waals surface area (Å²) in [4.78, 5) is 10.9. The molecule has 0 radical (unpaired) electrons. The first-order valence-corrected chi connectivity index (χ1v) is 4.70. The molecule has 0 aliphatic rings. The largest absolute Gasteiger partial charge is 0.507 e. The van der Waals surface area contributed by atoms with Gasteiger partial charge < -0.3 is 15.3 Å². The number of aromatic carboxylic acids is 1. The van der Waals surface area contributed by atoms with E-state index >= 15 is 0 Å². The number of hydrogen-bond acceptors (Lipinski definition) is 3. The summed E-state index contributed by atoms with van der Waals surface area (Å²) < 4.78 is 0. The van der Waals surface area contributed by atoms with Gasteiger partial charge in [0, 0.05) is 0 Å². The van der Waals surface area contributed by atoms with Crippen LogP contribution in [0.5, 0.6) is 11.5 Å². The number of rotatable bonds is 1. The van der Waals surface area contributed by atoms with Gasteiger partial charge in [-0.1, -0.05) is 12.1 Å². The van der Waals surface area contributed by atoms with Gasteiger partial charge in [-0.05, 0) is 30.0 Å². The minimum Gasteiger partial charge on any atom is -0.507 e. The monoisotopic (exact) mass is 218 g/mol. The van der Waals surface area contributed by atoms with Gasteiger partial charge in [-0.25, -0.2) is 4.79 Å². The van der Waals surface area contributed by atoms with Crippen LogP contribution in [-0.2, 0) is 0 Å². The molecule has 0 aromatic heterocycles. The Morgan fingerprint density at radius 3 is 2.50 bits per heavy atom. The lowest BCUT2D eigenvalue weighted by atomic mass is 9.98. The SMILES string of the molecule is Cc1c(C(=O)O)cc(O)c2c(O)cccc12. The highest BCUT2D eigenvalue weighted by molar-refractivity contribution is 6.02. The molecule has 4 nitrogen and oxygen atoms in total. The van der Waals surface area contributed by atoms with E-state index in [2.05, 4.69) is 0 Å². The lowest BCUT2D eigenvalue weighted by molar-refractivity contribution is 0.0696. The minimum absolute atomic E-state index is 0.0376. The molecule has 0 amide bonds. The minimum atomic E-state index is -1.10. The van der Waals surface area contributed by atoms with Crippen molar-refractivity contribution in [1.82, 2.24) is 0 Å². The summed E-state index contributed by atoms with van der Waals surface area (Å²) in [5, 5.41) is 29.0. The summed E-state index contributed by atoms with van der Waals surface area (Å²) in [5.41, 5.74) is 0.562. The van der Waals surface area contributed by atoms with Crippen LogP contribution in [0.25, 0.3) is 10.8 Å². The fourth-order valence-corrected chi connectivity index (χ4v) is 1.81. The molecule has 0 aliphatic carbocycles. The maximum absolute atomic E-state index is 10.9. The Morgan fingerprint density at radius 2 is 1.88 bits per heavy atom. The zero-order valence-electron chi connectivity index (χ0n) is 8.56.